The molecule has 4 nitrogen and oxygen atoms in total. The van der Waals surface area contributed by atoms with Crippen LogP contribution in [0.5, 0.6) is 0 Å². The summed E-state index contributed by atoms with van der Waals surface area (Å²) in [6, 6.07) is 0. The van der Waals surface area contributed by atoms with Crippen LogP contribution in [0.3, 0.4) is 0 Å². The lowest BCUT2D eigenvalue weighted by Gasteiger charge is -2.31. The number of fused-ring (bicyclic) bond motifs is 1. The normalized spacial score (nSPS) is 35.4. The van der Waals surface area contributed by atoms with E-state index in [2.05, 4.69) is 0 Å². The number of aliphatic hydroxyl groups excluding tert-OH is 1. The molecular weight excluding hydrogens is 249 g/mol. The van der Waals surface area contributed by atoms with Crippen LogP contribution >= 0.6 is 0 Å². The zero-order valence-electron chi connectivity index (χ0n) is 10.1. The maximum atomic E-state index is 12.7. The van der Waals surface area contributed by atoms with Crippen molar-refractivity contribution in [3.05, 3.63) is 0 Å². The fourth-order valence-corrected chi connectivity index (χ4v) is 2.85. The average molecular weight is 266 g/mol. The molecule has 2 aliphatic rings. The molecule has 104 valence electrons. The molecule has 0 radical (unpaired) electrons. The summed E-state index contributed by atoms with van der Waals surface area (Å²) < 4.78 is 38.0. The van der Waals surface area contributed by atoms with Crippen molar-refractivity contribution >= 4 is 5.91 Å². The Bertz CT molecular complexity index is 357. The third-order valence-electron chi connectivity index (χ3n) is 4.14. The summed E-state index contributed by atoms with van der Waals surface area (Å²) >= 11 is 0. The molecule has 0 aromatic rings. The Morgan fingerprint density at radius 1 is 1.33 bits per heavy atom. The van der Waals surface area contributed by atoms with Crippen molar-refractivity contribution in [2.45, 2.75) is 37.6 Å². The number of hydrogen-bond acceptors (Lipinski definition) is 3. The van der Waals surface area contributed by atoms with Gasteiger partial charge in [0.2, 0.25) is 0 Å². The summed E-state index contributed by atoms with van der Waals surface area (Å²) in [4.78, 5) is 13.0. The van der Waals surface area contributed by atoms with Crippen LogP contribution in [-0.2, 0) is 4.79 Å². The molecule has 4 atom stereocenters. The van der Waals surface area contributed by atoms with Gasteiger partial charge in [-0.25, -0.2) is 0 Å². The smallest absolute Gasteiger partial charge is 0.393 e. The highest BCUT2D eigenvalue weighted by Crippen LogP contribution is 2.40. The maximum absolute atomic E-state index is 12.7. The van der Waals surface area contributed by atoms with E-state index in [9.17, 15) is 23.1 Å². The highest BCUT2D eigenvalue weighted by molar-refractivity contribution is 5.87. The minimum absolute atomic E-state index is 0.0991. The number of carbonyl (C=O) groups is 1. The van der Waals surface area contributed by atoms with Crippen LogP contribution in [0.15, 0.2) is 0 Å². The number of likely N-dealkylation sites (tertiary alicyclic amines) is 1. The molecule has 2 rings (SSSR count). The molecule has 1 heterocycles. The first-order valence-electron chi connectivity index (χ1n) is 5.97. The Balaban J connectivity index is 2.09. The van der Waals surface area contributed by atoms with Crippen LogP contribution in [0.4, 0.5) is 13.2 Å². The fraction of sp³-hybridized carbons (Fsp3) is 0.909. The summed E-state index contributed by atoms with van der Waals surface area (Å²) in [6.45, 7) is 1.14. The Morgan fingerprint density at radius 2 is 1.94 bits per heavy atom. The number of alkyl halides is 3. The van der Waals surface area contributed by atoms with E-state index in [0.717, 1.165) is 11.3 Å². The topological polar surface area (TPSA) is 66.6 Å². The van der Waals surface area contributed by atoms with Crippen molar-refractivity contribution in [1.29, 1.82) is 0 Å². The van der Waals surface area contributed by atoms with E-state index in [4.69, 9.17) is 5.73 Å². The van der Waals surface area contributed by atoms with Crippen molar-refractivity contribution in [1.82, 2.24) is 4.90 Å². The fourth-order valence-electron chi connectivity index (χ4n) is 2.85. The summed E-state index contributed by atoms with van der Waals surface area (Å²) in [5.74, 6) is -1.09. The molecule has 18 heavy (non-hydrogen) atoms. The Hall–Kier alpha value is -0.820. The minimum atomic E-state index is -4.76. The number of rotatable bonds is 1. The number of amides is 1. The van der Waals surface area contributed by atoms with Crippen LogP contribution in [0.25, 0.3) is 0 Å². The molecule has 1 saturated carbocycles. The van der Waals surface area contributed by atoms with Crippen LogP contribution in [0.2, 0.25) is 0 Å². The van der Waals surface area contributed by atoms with E-state index in [1.807, 2.05) is 0 Å². The summed E-state index contributed by atoms with van der Waals surface area (Å²) in [6.07, 6.45) is -3.86. The number of hydrogen-bond donors (Lipinski definition) is 2. The van der Waals surface area contributed by atoms with Gasteiger partial charge >= 0.3 is 6.18 Å². The molecule has 0 aromatic heterocycles. The second-order valence-corrected chi connectivity index (χ2v) is 5.48. The molecule has 2 fully saturated rings. The third kappa shape index (κ3) is 1.99. The zero-order chi connectivity index (χ0) is 13.7. The lowest BCUT2D eigenvalue weighted by molar-refractivity contribution is -0.193. The SMILES string of the molecule is CC(N)(C(=O)N1CC2CCC(O)C2C1)C(F)(F)F. The first kappa shape index (κ1) is 13.6. The van der Waals surface area contributed by atoms with Gasteiger partial charge in [-0.05, 0) is 25.7 Å². The summed E-state index contributed by atoms with van der Waals surface area (Å²) in [5.41, 5.74) is 2.27. The predicted molar refractivity (Wildman–Crippen MR) is 57.4 cm³/mol. The third-order valence-corrected chi connectivity index (χ3v) is 4.14. The first-order valence-corrected chi connectivity index (χ1v) is 5.97. The van der Waals surface area contributed by atoms with Crippen molar-refractivity contribution in [3.8, 4) is 0 Å². The lowest BCUT2D eigenvalue weighted by Crippen LogP contribution is -2.62. The van der Waals surface area contributed by atoms with Crippen LogP contribution < -0.4 is 5.73 Å². The van der Waals surface area contributed by atoms with E-state index in [-0.39, 0.29) is 24.9 Å². The number of aliphatic hydroxyl groups is 1. The molecule has 7 heteroatoms. The van der Waals surface area contributed by atoms with Crippen LogP contribution in [0, 0.1) is 11.8 Å². The van der Waals surface area contributed by atoms with Gasteiger partial charge in [0.05, 0.1) is 6.10 Å². The number of carbonyl (C=O) groups excluding carboxylic acids is 1. The predicted octanol–water partition coefficient (Wildman–Crippen LogP) is 0.495. The lowest BCUT2D eigenvalue weighted by atomic mass is 9.99. The summed E-state index contributed by atoms with van der Waals surface area (Å²) in [5, 5.41) is 9.67. The highest BCUT2D eigenvalue weighted by atomic mass is 19.4. The van der Waals surface area contributed by atoms with Crippen molar-refractivity contribution in [3.63, 3.8) is 0 Å². The Kier molecular flexibility index (Phi) is 3.09. The van der Waals surface area contributed by atoms with E-state index < -0.39 is 23.7 Å². The second-order valence-electron chi connectivity index (χ2n) is 5.48. The van der Waals surface area contributed by atoms with Gasteiger partial charge < -0.3 is 15.7 Å². The van der Waals surface area contributed by atoms with Crippen molar-refractivity contribution in [2.75, 3.05) is 13.1 Å². The Labute approximate surface area is 103 Å². The molecular formula is C11H17F3N2O2. The number of nitrogens with two attached hydrogens (primary N) is 1. The molecule has 1 saturated heterocycles. The Morgan fingerprint density at radius 3 is 2.44 bits per heavy atom. The highest BCUT2D eigenvalue weighted by Gasteiger charge is 2.57. The second kappa shape index (κ2) is 4.09. The zero-order valence-corrected chi connectivity index (χ0v) is 10.1. The first-order chi connectivity index (χ1) is 8.14. The average Bonchev–Trinajstić information content (AvgIpc) is 2.78. The molecule has 3 N–H and O–H groups in total. The van der Waals surface area contributed by atoms with Gasteiger partial charge in [0.15, 0.2) is 5.54 Å². The van der Waals surface area contributed by atoms with Crippen LogP contribution in [-0.4, -0.2) is 46.8 Å². The van der Waals surface area contributed by atoms with Crippen LogP contribution in [0.1, 0.15) is 19.8 Å². The molecule has 0 bridgehead atoms. The van der Waals surface area contributed by atoms with E-state index in [1.165, 1.54) is 0 Å². The van der Waals surface area contributed by atoms with Gasteiger partial charge in [-0.15, -0.1) is 0 Å². The van der Waals surface area contributed by atoms with E-state index >= 15 is 0 Å². The van der Waals surface area contributed by atoms with Gasteiger partial charge in [0.1, 0.15) is 0 Å². The van der Waals surface area contributed by atoms with E-state index in [0.29, 0.717) is 13.3 Å². The van der Waals surface area contributed by atoms with E-state index in [1.54, 1.807) is 0 Å². The van der Waals surface area contributed by atoms with Gasteiger partial charge in [-0.1, -0.05) is 0 Å². The van der Waals surface area contributed by atoms with Gasteiger partial charge in [-0.2, -0.15) is 13.2 Å². The quantitative estimate of drug-likeness (QED) is 0.726. The molecule has 0 aromatic carbocycles. The molecule has 1 aliphatic heterocycles. The van der Waals surface area contributed by atoms with Crippen molar-refractivity contribution in [2.24, 2.45) is 17.6 Å². The molecule has 1 amide bonds. The number of halogens is 3. The van der Waals surface area contributed by atoms with Gasteiger partial charge in [0, 0.05) is 19.0 Å². The van der Waals surface area contributed by atoms with Gasteiger partial charge in [0.25, 0.3) is 5.91 Å². The monoisotopic (exact) mass is 266 g/mol. The largest absolute Gasteiger partial charge is 0.415 e. The molecule has 1 aliphatic carbocycles. The minimum Gasteiger partial charge on any atom is -0.393 e. The standard InChI is InChI=1S/C11H17F3N2O2/c1-10(15,11(12,13)14)9(18)16-4-6-2-3-8(17)7(6)5-16/h6-8,17H,2-5,15H2,1H3. The maximum Gasteiger partial charge on any atom is 0.415 e. The van der Waals surface area contributed by atoms with Gasteiger partial charge in [-0.3, -0.25) is 4.79 Å². The number of nitrogens with zero attached hydrogens (tertiary/aromatic N) is 1. The van der Waals surface area contributed by atoms with Crippen molar-refractivity contribution < 1.29 is 23.1 Å². The summed E-state index contributed by atoms with van der Waals surface area (Å²) in [7, 11) is 0. The molecule has 0 spiro atoms. The molecule has 4 unspecified atom stereocenters.